The van der Waals surface area contributed by atoms with Gasteiger partial charge in [-0.1, -0.05) is 11.6 Å². The van der Waals surface area contributed by atoms with E-state index in [1.54, 1.807) is 35.6 Å². The van der Waals surface area contributed by atoms with E-state index in [-0.39, 0.29) is 11.9 Å². The molecular weight excluding hydrogens is 292 g/mol. The van der Waals surface area contributed by atoms with Crippen LogP contribution in [0.3, 0.4) is 0 Å². The Morgan fingerprint density at radius 2 is 2.00 bits per heavy atom. The fourth-order valence-electron chi connectivity index (χ4n) is 1.96. The summed E-state index contributed by atoms with van der Waals surface area (Å²) in [4.78, 5) is 14.2. The second-order valence-electron chi connectivity index (χ2n) is 4.75. The van der Waals surface area contributed by atoms with Gasteiger partial charge in [-0.2, -0.15) is 11.3 Å². The van der Waals surface area contributed by atoms with Crippen molar-refractivity contribution in [2.75, 3.05) is 20.6 Å². The Balaban J connectivity index is 1.99. The van der Waals surface area contributed by atoms with Gasteiger partial charge in [0.2, 0.25) is 0 Å². The van der Waals surface area contributed by atoms with Crippen LogP contribution in [0.5, 0.6) is 0 Å². The maximum atomic E-state index is 12.1. The third-order valence-electron chi connectivity index (χ3n) is 3.11. The SMILES string of the molecule is CN(C)[C@H](CNC(=O)c1ccc(Cl)cc1)c1ccsc1. The number of carbonyl (C=O) groups excluding carboxylic acids is 1. The lowest BCUT2D eigenvalue weighted by Crippen LogP contribution is -2.34. The van der Waals surface area contributed by atoms with E-state index in [9.17, 15) is 4.79 Å². The first-order valence-electron chi connectivity index (χ1n) is 6.30. The van der Waals surface area contributed by atoms with Gasteiger partial charge in [-0.15, -0.1) is 0 Å². The topological polar surface area (TPSA) is 32.3 Å². The van der Waals surface area contributed by atoms with E-state index in [2.05, 4.69) is 21.7 Å². The Morgan fingerprint density at radius 3 is 2.55 bits per heavy atom. The molecule has 3 nitrogen and oxygen atoms in total. The van der Waals surface area contributed by atoms with Crippen molar-refractivity contribution in [3.05, 3.63) is 57.2 Å². The van der Waals surface area contributed by atoms with E-state index >= 15 is 0 Å². The minimum atomic E-state index is -0.0799. The predicted octanol–water partition coefficient (Wildman–Crippen LogP) is 3.43. The van der Waals surface area contributed by atoms with Crippen LogP contribution in [0.15, 0.2) is 41.1 Å². The maximum Gasteiger partial charge on any atom is 0.251 e. The normalized spacial score (nSPS) is 12.4. The molecule has 0 saturated carbocycles. The number of nitrogens with one attached hydrogen (secondary N) is 1. The van der Waals surface area contributed by atoms with Crippen molar-refractivity contribution in [1.29, 1.82) is 0 Å². The lowest BCUT2D eigenvalue weighted by Gasteiger charge is -2.24. The van der Waals surface area contributed by atoms with Crippen molar-refractivity contribution in [2.45, 2.75) is 6.04 Å². The average Bonchev–Trinajstić information content (AvgIpc) is 2.93. The van der Waals surface area contributed by atoms with Crippen molar-refractivity contribution in [1.82, 2.24) is 10.2 Å². The van der Waals surface area contributed by atoms with E-state index in [4.69, 9.17) is 11.6 Å². The number of hydrogen-bond donors (Lipinski definition) is 1. The van der Waals surface area contributed by atoms with E-state index in [0.717, 1.165) is 0 Å². The molecule has 0 bridgehead atoms. The average molecular weight is 309 g/mol. The fourth-order valence-corrected chi connectivity index (χ4v) is 2.79. The number of benzene rings is 1. The van der Waals surface area contributed by atoms with E-state index in [1.165, 1.54) is 5.56 Å². The monoisotopic (exact) mass is 308 g/mol. The molecule has 1 N–H and O–H groups in total. The molecule has 0 aliphatic carbocycles. The van der Waals surface area contributed by atoms with Crippen LogP contribution in [-0.2, 0) is 0 Å². The number of rotatable bonds is 5. The molecule has 0 radical (unpaired) electrons. The number of amides is 1. The van der Waals surface area contributed by atoms with Crippen LogP contribution in [0.1, 0.15) is 22.0 Å². The standard InChI is InChI=1S/C15H17ClN2OS/c1-18(2)14(12-7-8-20-10-12)9-17-15(19)11-3-5-13(16)6-4-11/h3-8,10,14H,9H2,1-2H3,(H,17,19)/t14-/m1/s1. The minimum Gasteiger partial charge on any atom is -0.350 e. The zero-order valence-electron chi connectivity index (χ0n) is 11.5. The number of halogens is 1. The molecule has 0 aliphatic rings. The van der Waals surface area contributed by atoms with Gasteiger partial charge in [-0.05, 0) is 60.8 Å². The second kappa shape index (κ2) is 6.88. The third-order valence-corrected chi connectivity index (χ3v) is 4.07. The second-order valence-corrected chi connectivity index (χ2v) is 5.97. The lowest BCUT2D eigenvalue weighted by molar-refractivity contribution is 0.0942. The quantitative estimate of drug-likeness (QED) is 0.918. The summed E-state index contributed by atoms with van der Waals surface area (Å²) in [6.45, 7) is 0.575. The summed E-state index contributed by atoms with van der Waals surface area (Å²) in [5, 5.41) is 7.76. The summed E-state index contributed by atoms with van der Waals surface area (Å²) in [6, 6.07) is 9.17. The van der Waals surface area contributed by atoms with Crippen LogP contribution in [-0.4, -0.2) is 31.4 Å². The molecule has 1 aromatic heterocycles. The smallest absolute Gasteiger partial charge is 0.251 e. The molecule has 0 aliphatic heterocycles. The number of carbonyl (C=O) groups is 1. The van der Waals surface area contributed by atoms with E-state index in [0.29, 0.717) is 17.1 Å². The highest BCUT2D eigenvalue weighted by Gasteiger charge is 2.16. The molecule has 1 amide bonds. The summed E-state index contributed by atoms with van der Waals surface area (Å²) in [7, 11) is 4.02. The summed E-state index contributed by atoms with van der Waals surface area (Å²) in [5.41, 5.74) is 1.84. The Kier molecular flexibility index (Phi) is 5.17. The van der Waals surface area contributed by atoms with Gasteiger partial charge >= 0.3 is 0 Å². The molecule has 0 fully saturated rings. The van der Waals surface area contributed by atoms with Gasteiger partial charge in [-0.25, -0.2) is 0 Å². The van der Waals surface area contributed by atoms with Gasteiger partial charge in [0, 0.05) is 17.1 Å². The number of hydrogen-bond acceptors (Lipinski definition) is 3. The number of thiophene rings is 1. The molecule has 2 rings (SSSR count). The Morgan fingerprint density at radius 1 is 1.30 bits per heavy atom. The van der Waals surface area contributed by atoms with E-state index in [1.807, 2.05) is 19.5 Å². The van der Waals surface area contributed by atoms with Gasteiger partial charge in [0.15, 0.2) is 0 Å². The molecule has 1 aromatic carbocycles. The highest BCUT2D eigenvalue weighted by Crippen LogP contribution is 2.20. The molecule has 0 spiro atoms. The third kappa shape index (κ3) is 3.82. The lowest BCUT2D eigenvalue weighted by atomic mass is 10.1. The number of nitrogens with zero attached hydrogens (tertiary/aromatic N) is 1. The van der Waals surface area contributed by atoms with Crippen LogP contribution in [0.4, 0.5) is 0 Å². The molecule has 5 heteroatoms. The molecule has 106 valence electrons. The minimum absolute atomic E-state index is 0.0799. The fraction of sp³-hybridized carbons (Fsp3) is 0.267. The molecule has 20 heavy (non-hydrogen) atoms. The summed E-state index contributed by atoms with van der Waals surface area (Å²) in [6.07, 6.45) is 0. The first-order chi connectivity index (χ1) is 9.58. The largest absolute Gasteiger partial charge is 0.350 e. The highest BCUT2D eigenvalue weighted by molar-refractivity contribution is 7.07. The molecular formula is C15H17ClN2OS. The van der Waals surface area contributed by atoms with Crippen LogP contribution >= 0.6 is 22.9 Å². The van der Waals surface area contributed by atoms with Gasteiger partial charge in [0.25, 0.3) is 5.91 Å². The zero-order valence-corrected chi connectivity index (χ0v) is 13.0. The van der Waals surface area contributed by atoms with Crippen molar-refractivity contribution < 1.29 is 4.79 Å². The summed E-state index contributed by atoms with van der Waals surface area (Å²) in [5.74, 6) is -0.0799. The molecule has 0 unspecified atom stereocenters. The van der Waals surface area contributed by atoms with Crippen molar-refractivity contribution in [3.63, 3.8) is 0 Å². The molecule has 1 heterocycles. The van der Waals surface area contributed by atoms with Gasteiger partial charge in [0.05, 0.1) is 6.04 Å². The molecule has 1 atom stereocenters. The Hall–Kier alpha value is -1.36. The van der Waals surface area contributed by atoms with Gasteiger partial charge in [0.1, 0.15) is 0 Å². The summed E-state index contributed by atoms with van der Waals surface area (Å²) >= 11 is 7.48. The molecule has 2 aromatic rings. The van der Waals surface area contributed by atoms with Crippen molar-refractivity contribution in [3.8, 4) is 0 Å². The number of likely N-dealkylation sites (N-methyl/N-ethyl adjacent to an activating group) is 1. The predicted molar refractivity (Wildman–Crippen MR) is 84.5 cm³/mol. The van der Waals surface area contributed by atoms with Crippen LogP contribution < -0.4 is 5.32 Å². The van der Waals surface area contributed by atoms with E-state index < -0.39 is 0 Å². The van der Waals surface area contributed by atoms with Crippen molar-refractivity contribution in [2.24, 2.45) is 0 Å². The highest BCUT2D eigenvalue weighted by atomic mass is 35.5. The van der Waals surface area contributed by atoms with Crippen molar-refractivity contribution >= 4 is 28.8 Å². The Bertz CT molecular complexity index is 552. The van der Waals surface area contributed by atoms with Gasteiger partial charge < -0.3 is 10.2 Å². The summed E-state index contributed by atoms with van der Waals surface area (Å²) < 4.78 is 0. The first-order valence-corrected chi connectivity index (χ1v) is 7.62. The van der Waals surface area contributed by atoms with Gasteiger partial charge in [-0.3, -0.25) is 4.79 Å². The van der Waals surface area contributed by atoms with Crippen LogP contribution in [0, 0.1) is 0 Å². The Labute approximate surface area is 128 Å². The van der Waals surface area contributed by atoms with Crippen LogP contribution in [0.25, 0.3) is 0 Å². The first kappa shape index (κ1) is 15.0. The zero-order chi connectivity index (χ0) is 14.5. The maximum absolute atomic E-state index is 12.1. The molecule has 0 saturated heterocycles. The van der Waals surface area contributed by atoms with Crippen LogP contribution in [0.2, 0.25) is 5.02 Å².